The Bertz CT molecular complexity index is 804. The molecular weight excluding hydrogens is 380 g/mol. The van der Waals surface area contributed by atoms with Crippen molar-refractivity contribution in [1.82, 2.24) is 5.32 Å². The lowest BCUT2D eigenvalue weighted by molar-refractivity contribution is 0.0954. The molecule has 130 valence electrons. The lowest BCUT2D eigenvalue weighted by atomic mass is 10.1. The van der Waals surface area contributed by atoms with E-state index in [1.54, 1.807) is 12.1 Å². The van der Waals surface area contributed by atoms with E-state index in [0.717, 1.165) is 23.0 Å². The molecule has 0 aromatic heterocycles. The summed E-state index contributed by atoms with van der Waals surface area (Å²) < 4.78 is 0.876. The van der Waals surface area contributed by atoms with Crippen LogP contribution in [0.1, 0.15) is 27.9 Å². The smallest absolute Gasteiger partial charge is 0.251 e. The largest absolute Gasteiger partial charge is 0.370 e. The zero-order chi connectivity index (χ0) is 17.6. The molecule has 2 aromatic carbocycles. The third kappa shape index (κ3) is 4.82. The fraction of sp³-hybridized carbons (Fsp3) is 0.263. The molecule has 0 heterocycles. The van der Waals surface area contributed by atoms with Crippen LogP contribution in [0.3, 0.4) is 0 Å². The van der Waals surface area contributed by atoms with E-state index in [2.05, 4.69) is 43.7 Å². The molecular formula is C19H21BrN4O. The number of carbonyl (C=O) groups is 1. The van der Waals surface area contributed by atoms with Gasteiger partial charge in [-0.3, -0.25) is 9.79 Å². The van der Waals surface area contributed by atoms with Gasteiger partial charge in [-0.2, -0.15) is 0 Å². The second kappa shape index (κ2) is 8.16. The minimum absolute atomic E-state index is 0.123. The van der Waals surface area contributed by atoms with Gasteiger partial charge in [-0.15, -0.1) is 0 Å². The van der Waals surface area contributed by atoms with Gasteiger partial charge in [0.05, 0.1) is 6.54 Å². The first kappa shape index (κ1) is 17.5. The summed E-state index contributed by atoms with van der Waals surface area (Å²) in [7, 11) is 0. The molecule has 0 fully saturated rings. The minimum atomic E-state index is -0.123. The molecule has 5 nitrogen and oxygen atoms in total. The Labute approximate surface area is 155 Å². The van der Waals surface area contributed by atoms with Crippen molar-refractivity contribution in [2.75, 3.05) is 18.4 Å². The Morgan fingerprint density at radius 1 is 1.16 bits per heavy atom. The van der Waals surface area contributed by atoms with E-state index in [1.807, 2.05) is 18.2 Å². The molecule has 0 bridgehead atoms. The molecule has 0 saturated heterocycles. The third-order valence-corrected chi connectivity index (χ3v) is 4.63. The number of hydrogen-bond donors (Lipinski definition) is 3. The van der Waals surface area contributed by atoms with Gasteiger partial charge in [0.15, 0.2) is 5.96 Å². The lowest BCUT2D eigenvalue weighted by Gasteiger charge is -2.08. The second-order valence-electron chi connectivity index (χ2n) is 6.00. The highest BCUT2D eigenvalue weighted by atomic mass is 79.9. The van der Waals surface area contributed by atoms with E-state index >= 15 is 0 Å². The Morgan fingerprint density at radius 2 is 2.00 bits per heavy atom. The van der Waals surface area contributed by atoms with Crippen molar-refractivity contribution in [2.24, 2.45) is 10.7 Å². The number of fused-ring (bicyclic) bond motifs is 1. The summed E-state index contributed by atoms with van der Waals surface area (Å²) in [6, 6.07) is 13.6. The number of anilines is 1. The minimum Gasteiger partial charge on any atom is -0.370 e. The molecule has 0 spiro atoms. The Morgan fingerprint density at radius 3 is 2.84 bits per heavy atom. The van der Waals surface area contributed by atoms with E-state index in [1.165, 1.54) is 17.5 Å². The van der Waals surface area contributed by atoms with Crippen LogP contribution >= 0.6 is 15.9 Å². The zero-order valence-corrected chi connectivity index (χ0v) is 15.5. The normalized spacial score (nSPS) is 13.4. The van der Waals surface area contributed by atoms with E-state index in [-0.39, 0.29) is 5.91 Å². The molecule has 1 aliphatic carbocycles. The highest BCUT2D eigenvalue weighted by Crippen LogP contribution is 2.24. The number of aliphatic imine (C=N–C) groups is 1. The van der Waals surface area contributed by atoms with Crippen LogP contribution in [0.5, 0.6) is 0 Å². The van der Waals surface area contributed by atoms with Crippen LogP contribution in [0.25, 0.3) is 0 Å². The van der Waals surface area contributed by atoms with Gasteiger partial charge in [-0.1, -0.05) is 28.1 Å². The maximum absolute atomic E-state index is 12.0. The SMILES string of the molecule is NC(=NCCNC(=O)c1cccc(Br)c1)Nc1ccc2c(c1)CCC2. The Kier molecular flexibility index (Phi) is 5.71. The average molecular weight is 401 g/mol. The number of amides is 1. The number of benzene rings is 2. The van der Waals surface area contributed by atoms with Crippen LogP contribution in [0.4, 0.5) is 5.69 Å². The summed E-state index contributed by atoms with van der Waals surface area (Å²) in [5.41, 5.74) is 10.3. The standard InChI is InChI=1S/C19H21BrN4O/c20-16-6-2-5-15(11-16)18(25)22-9-10-23-19(21)24-17-8-7-13-3-1-4-14(13)12-17/h2,5-8,11-12H,1,3-4,9-10H2,(H,22,25)(H3,21,23,24). The van der Waals surface area contributed by atoms with Gasteiger partial charge in [-0.05, 0) is 60.7 Å². The quantitative estimate of drug-likeness (QED) is 0.409. The number of rotatable bonds is 5. The predicted octanol–water partition coefficient (Wildman–Crippen LogP) is 3.09. The first-order chi connectivity index (χ1) is 12.1. The predicted molar refractivity (Wildman–Crippen MR) is 105 cm³/mol. The van der Waals surface area contributed by atoms with E-state index in [4.69, 9.17) is 5.73 Å². The van der Waals surface area contributed by atoms with Crippen LogP contribution in [-0.2, 0) is 12.8 Å². The van der Waals surface area contributed by atoms with Gasteiger partial charge in [0, 0.05) is 22.3 Å². The van der Waals surface area contributed by atoms with Crippen LogP contribution < -0.4 is 16.4 Å². The van der Waals surface area contributed by atoms with Crippen molar-refractivity contribution in [1.29, 1.82) is 0 Å². The number of halogens is 1. The van der Waals surface area contributed by atoms with Gasteiger partial charge in [-0.25, -0.2) is 0 Å². The molecule has 6 heteroatoms. The number of nitrogens with zero attached hydrogens (tertiary/aromatic N) is 1. The van der Waals surface area contributed by atoms with Gasteiger partial charge in [0.1, 0.15) is 0 Å². The highest BCUT2D eigenvalue weighted by Gasteiger charge is 2.10. The molecule has 3 rings (SSSR count). The molecule has 0 unspecified atom stereocenters. The van der Waals surface area contributed by atoms with Crippen molar-refractivity contribution in [3.8, 4) is 0 Å². The van der Waals surface area contributed by atoms with E-state index in [0.29, 0.717) is 24.6 Å². The van der Waals surface area contributed by atoms with E-state index < -0.39 is 0 Å². The molecule has 1 amide bonds. The Hall–Kier alpha value is -2.34. The van der Waals surface area contributed by atoms with Crippen LogP contribution in [0.2, 0.25) is 0 Å². The van der Waals surface area contributed by atoms with Crippen molar-refractivity contribution in [3.05, 3.63) is 63.6 Å². The van der Waals surface area contributed by atoms with Crippen molar-refractivity contribution in [2.45, 2.75) is 19.3 Å². The topological polar surface area (TPSA) is 79.5 Å². The van der Waals surface area contributed by atoms with Crippen molar-refractivity contribution < 1.29 is 4.79 Å². The third-order valence-electron chi connectivity index (χ3n) is 4.14. The summed E-state index contributed by atoms with van der Waals surface area (Å²) in [4.78, 5) is 16.3. The molecule has 0 saturated carbocycles. The van der Waals surface area contributed by atoms with Gasteiger partial charge >= 0.3 is 0 Å². The summed E-state index contributed by atoms with van der Waals surface area (Å²) >= 11 is 3.35. The summed E-state index contributed by atoms with van der Waals surface area (Å²) in [5, 5.41) is 5.94. The lowest BCUT2D eigenvalue weighted by Crippen LogP contribution is -2.28. The molecule has 0 radical (unpaired) electrons. The zero-order valence-electron chi connectivity index (χ0n) is 13.9. The maximum atomic E-state index is 12.0. The van der Waals surface area contributed by atoms with Gasteiger partial charge < -0.3 is 16.4 Å². The molecule has 25 heavy (non-hydrogen) atoms. The molecule has 4 N–H and O–H groups in total. The molecule has 1 aliphatic rings. The number of hydrogen-bond acceptors (Lipinski definition) is 2. The van der Waals surface area contributed by atoms with Crippen LogP contribution in [-0.4, -0.2) is 25.0 Å². The number of carbonyl (C=O) groups excluding carboxylic acids is 1. The maximum Gasteiger partial charge on any atom is 0.251 e. The highest BCUT2D eigenvalue weighted by molar-refractivity contribution is 9.10. The average Bonchev–Trinajstić information content (AvgIpc) is 3.06. The molecule has 0 atom stereocenters. The summed E-state index contributed by atoms with van der Waals surface area (Å²) in [5.74, 6) is 0.233. The summed E-state index contributed by atoms with van der Waals surface area (Å²) in [6.45, 7) is 0.849. The first-order valence-corrected chi connectivity index (χ1v) is 9.13. The number of guanidine groups is 1. The van der Waals surface area contributed by atoms with Gasteiger partial charge in [0.25, 0.3) is 5.91 Å². The number of nitrogens with two attached hydrogens (primary N) is 1. The fourth-order valence-electron chi connectivity index (χ4n) is 2.91. The number of nitrogens with one attached hydrogen (secondary N) is 2. The van der Waals surface area contributed by atoms with Crippen LogP contribution in [0.15, 0.2) is 51.9 Å². The summed E-state index contributed by atoms with van der Waals surface area (Å²) in [6.07, 6.45) is 3.51. The number of aryl methyl sites for hydroxylation is 2. The first-order valence-electron chi connectivity index (χ1n) is 8.34. The monoisotopic (exact) mass is 400 g/mol. The molecule has 0 aliphatic heterocycles. The van der Waals surface area contributed by atoms with E-state index in [9.17, 15) is 4.79 Å². The molecule has 2 aromatic rings. The second-order valence-corrected chi connectivity index (χ2v) is 6.91. The Balaban J connectivity index is 1.46. The van der Waals surface area contributed by atoms with Crippen molar-refractivity contribution in [3.63, 3.8) is 0 Å². The van der Waals surface area contributed by atoms with Crippen molar-refractivity contribution >= 4 is 33.5 Å². The fourth-order valence-corrected chi connectivity index (χ4v) is 3.31. The van der Waals surface area contributed by atoms with Crippen LogP contribution in [0, 0.1) is 0 Å². The van der Waals surface area contributed by atoms with Gasteiger partial charge in [0.2, 0.25) is 0 Å².